The van der Waals surface area contributed by atoms with E-state index in [9.17, 15) is 18.0 Å². The van der Waals surface area contributed by atoms with Crippen molar-refractivity contribution >= 4 is 50.7 Å². The number of aryl methyl sites for hydroxylation is 1. The zero-order chi connectivity index (χ0) is 29.4. The molecule has 0 saturated carbocycles. The maximum Gasteiger partial charge on any atom is 0.264 e. The third-order valence-electron chi connectivity index (χ3n) is 6.42. The maximum absolute atomic E-state index is 14.1. The largest absolute Gasteiger partial charge is 0.354 e. The number of nitrogens with one attached hydrogen (secondary N) is 1. The van der Waals surface area contributed by atoms with Crippen molar-refractivity contribution in [1.82, 2.24) is 10.2 Å². The van der Waals surface area contributed by atoms with Crippen molar-refractivity contribution in [2.75, 3.05) is 17.4 Å². The Morgan fingerprint density at radius 3 is 2.23 bits per heavy atom. The summed E-state index contributed by atoms with van der Waals surface area (Å²) in [5, 5.41) is 3.68. The highest BCUT2D eigenvalue weighted by Gasteiger charge is 2.34. The summed E-state index contributed by atoms with van der Waals surface area (Å²) in [4.78, 5) is 28.8. The smallest absolute Gasteiger partial charge is 0.264 e. The van der Waals surface area contributed by atoms with Gasteiger partial charge >= 0.3 is 0 Å². The summed E-state index contributed by atoms with van der Waals surface area (Å²) >= 11 is 12.7. The molecule has 40 heavy (non-hydrogen) atoms. The van der Waals surface area contributed by atoms with Crippen LogP contribution >= 0.6 is 23.2 Å². The normalized spacial score (nSPS) is 12.2. The molecule has 3 rings (SSSR count). The molecule has 214 valence electrons. The first kappa shape index (κ1) is 31.5. The fraction of sp³-hybridized carbons (Fsp3) is 0.333. The van der Waals surface area contributed by atoms with E-state index in [2.05, 4.69) is 5.32 Å². The van der Waals surface area contributed by atoms with Crippen molar-refractivity contribution in [3.63, 3.8) is 0 Å². The first-order chi connectivity index (χ1) is 18.9. The van der Waals surface area contributed by atoms with Gasteiger partial charge < -0.3 is 10.2 Å². The number of benzene rings is 3. The Bertz CT molecular complexity index is 1430. The second-order valence-electron chi connectivity index (χ2n) is 9.93. The van der Waals surface area contributed by atoms with E-state index in [1.54, 1.807) is 61.5 Å². The van der Waals surface area contributed by atoms with E-state index in [0.29, 0.717) is 34.1 Å². The molecular formula is C30H35Cl2N3O4S. The van der Waals surface area contributed by atoms with E-state index in [0.717, 1.165) is 4.31 Å². The van der Waals surface area contributed by atoms with E-state index in [1.807, 2.05) is 20.8 Å². The van der Waals surface area contributed by atoms with Gasteiger partial charge in [-0.25, -0.2) is 8.42 Å². The summed E-state index contributed by atoms with van der Waals surface area (Å²) in [6, 6.07) is 19.0. The Balaban J connectivity index is 2.09. The van der Waals surface area contributed by atoms with Gasteiger partial charge in [-0.2, -0.15) is 0 Å². The SMILES string of the molecule is CCC(C(=O)NCC(C)C)N(Cc1ccccc1Cl)C(=O)CN(c1cc(Cl)ccc1C)S(=O)(=O)c1ccccc1. The average Bonchev–Trinajstić information content (AvgIpc) is 2.93. The highest BCUT2D eigenvalue weighted by atomic mass is 35.5. The lowest BCUT2D eigenvalue weighted by Crippen LogP contribution is -2.52. The van der Waals surface area contributed by atoms with Gasteiger partial charge in [0.1, 0.15) is 12.6 Å². The van der Waals surface area contributed by atoms with E-state index < -0.39 is 28.5 Å². The van der Waals surface area contributed by atoms with Gasteiger partial charge in [-0.05, 0) is 60.7 Å². The Labute approximate surface area is 247 Å². The van der Waals surface area contributed by atoms with Gasteiger partial charge in [0.2, 0.25) is 11.8 Å². The van der Waals surface area contributed by atoms with Crippen LogP contribution in [0.15, 0.2) is 77.7 Å². The molecule has 0 aliphatic rings. The molecule has 3 aromatic rings. The average molecular weight is 605 g/mol. The summed E-state index contributed by atoms with van der Waals surface area (Å²) in [6.07, 6.45) is 0.321. The molecular weight excluding hydrogens is 569 g/mol. The van der Waals surface area contributed by atoms with Gasteiger partial charge in [-0.15, -0.1) is 0 Å². The lowest BCUT2D eigenvalue weighted by molar-refractivity contribution is -0.140. The van der Waals surface area contributed by atoms with Crippen LogP contribution in [0.3, 0.4) is 0 Å². The summed E-state index contributed by atoms with van der Waals surface area (Å²) in [5.74, 6) is -0.648. The molecule has 0 spiro atoms. The number of carbonyl (C=O) groups excluding carboxylic acids is 2. The quantitative estimate of drug-likeness (QED) is 0.272. The van der Waals surface area contributed by atoms with Crippen LogP contribution in [0.25, 0.3) is 0 Å². The zero-order valence-electron chi connectivity index (χ0n) is 23.1. The molecule has 1 N–H and O–H groups in total. The van der Waals surface area contributed by atoms with Crippen LogP contribution < -0.4 is 9.62 Å². The molecule has 2 amide bonds. The number of hydrogen-bond donors (Lipinski definition) is 1. The van der Waals surface area contributed by atoms with Crippen LogP contribution in [0.5, 0.6) is 0 Å². The summed E-state index contributed by atoms with van der Waals surface area (Å²) in [7, 11) is -4.18. The van der Waals surface area contributed by atoms with E-state index in [-0.39, 0.29) is 29.0 Å². The van der Waals surface area contributed by atoms with Gasteiger partial charge in [-0.1, -0.05) is 86.4 Å². The predicted octanol–water partition coefficient (Wildman–Crippen LogP) is 6.08. The van der Waals surface area contributed by atoms with E-state index in [1.165, 1.54) is 23.1 Å². The van der Waals surface area contributed by atoms with Gasteiger partial charge in [0.25, 0.3) is 10.0 Å². The number of hydrogen-bond acceptors (Lipinski definition) is 4. The standard InChI is InChI=1S/C30H35Cl2N3O4S/c1-5-27(30(37)33-18-21(2)3)34(19-23-11-9-10-14-26(23)32)29(36)20-35(28-17-24(31)16-15-22(28)4)40(38,39)25-12-7-6-8-13-25/h6-17,21,27H,5,18-20H2,1-4H3,(H,33,37). The third-order valence-corrected chi connectivity index (χ3v) is 8.80. The molecule has 7 nitrogen and oxygen atoms in total. The predicted molar refractivity (Wildman–Crippen MR) is 161 cm³/mol. The van der Waals surface area contributed by atoms with Crippen LogP contribution in [-0.2, 0) is 26.2 Å². The maximum atomic E-state index is 14.1. The van der Waals surface area contributed by atoms with Gasteiger partial charge in [-0.3, -0.25) is 13.9 Å². The van der Waals surface area contributed by atoms with Crippen molar-refractivity contribution in [2.45, 2.75) is 51.6 Å². The monoisotopic (exact) mass is 603 g/mol. The Morgan fingerprint density at radius 2 is 1.60 bits per heavy atom. The number of amides is 2. The minimum absolute atomic E-state index is 0.0276. The van der Waals surface area contributed by atoms with Crippen LogP contribution in [0.1, 0.15) is 38.3 Å². The van der Waals surface area contributed by atoms with E-state index >= 15 is 0 Å². The fourth-order valence-corrected chi connectivity index (χ4v) is 6.09. The Hall–Kier alpha value is -3.07. The van der Waals surface area contributed by atoms with Crippen molar-refractivity contribution in [2.24, 2.45) is 5.92 Å². The van der Waals surface area contributed by atoms with Crippen LogP contribution in [0.2, 0.25) is 10.0 Å². The summed E-state index contributed by atoms with van der Waals surface area (Å²) in [6.45, 7) is 7.45. The van der Waals surface area contributed by atoms with Crippen molar-refractivity contribution in [1.29, 1.82) is 0 Å². The molecule has 0 aliphatic heterocycles. The third kappa shape index (κ3) is 7.77. The molecule has 0 heterocycles. The fourth-order valence-electron chi connectivity index (χ4n) is 4.24. The molecule has 0 aromatic heterocycles. The minimum atomic E-state index is -4.18. The molecule has 0 aliphatic carbocycles. The van der Waals surface area contributed by atoms with Gasteiger partial charge in [0.15, 0.2) is 0 Å². The molecule has 0 fully saturated rings. The lowest BCUT2D eigenvalue weighted by Gasteiger charge is -2.34. The van der Waals surface area contributed by atoms with Crippen molar-refractivity contribution in [3.8, 4) is 0 Å². The molecule has 0 saturated heterocycles. The van der Waals surface area contributed by atoms with Gasteiger partial charge in [0, 0.05) is 23.1 Å². The second-order valence-corrected chi connectivity index (χ2v) is 12.6. The van der Waals surface area contributed by atoms with Crippen molar-refractivity contribution < 1.29 is 18.0 Å². The number of anilines is 1. The number of halogens is 2. The van der Waals surface area contributed by atoms with E-state index in [4.69, 9.17) is 23.2 Å². The first-order valence-electron chi connectivity index (χ1n) is 13.1. The van der Waals surface area contributed by atoms with Crippen LogP contribution in [0, 0.1) is 12.8 Å². The Morgan fingerprint density at radius 1 is 0.950 bits per heavy atom. The molecule has 0 radical (unpaired) electrons. The van der Waals surface area contributed by atoms with Gasteiger partial charge in [0.05, 0.1) is 10.6 Å². The minimum Gasteiger partial charge on any atom is -0.354 e. The zero-order valence-corrected chi connectivity index (χ0v) is 25.4. The summed E-state index contributed by atoms with van der Waals surface area (Å²) in [5.41, 5.74) is 1.54. The number of carbonyl (C=O) groups is 2. The number of sulfonamides is 1. The molecule has 0 bridgehead atoms. The highest BCUT2D eigenvalue weighted by molar-refractivity contribution is 7.92. The molecule has 10 heteroatoms. The summed E-state index contributed by atoms with van der Waals surface area (Å²) < 4.78 is 28.9. The number of rotatable bonds is 12. The second kappa shape index (κ2) is 14.0. The molecule has 3 aromatic carbocycles. The number of nitrogens with zero attached hydrogens (tertiary/aromatic N) is 2. The van der Waals surface area contributed by atoms with Crippen LogP contribution in [-0.4, -0.2) is 44.3 Å². The topological polar surface area (TPSA) is 86.8 Å². The Kier molecular flexibility index (Phi) is 11.0. The van der Waals surface area contributed by atoms with Crippen molar-refractivity contribution in [3.05, 3.63) is 94.0 Å². The molecule has 1 unspecified atom stereocenters. The lowest BCUT2D eigenvalue weighted by atomic mass is 10.1. The molecule has 1 atom stereocenters. The van der Waals surface area contributed by atoms with Crippen LogP contribution in [0.4, 0.5) is 5.69 Å². The first-order valence-corrected chi connectivity index (χ1v) is 15.3. The highest BCUT2D eigenvalue weighted by Crippen LogP contribution is 2.30.